The number of carbonyl (C=O) groups excluding carboxylic acids is 1. The molecule has 0 radical (unpaired) electrons. The van der Waals surface area contributed by atoms with Crippen LogP contribution in [-0.2, 0) is 4.79 Å². The monoisotopic (exact) mass is 402 g/mol. The van der Waals surface area contributed by atoms with Gasteiger partial charge in [0.15, 0.2) is 0 Å². The van der Waals surface area contributed by atoms with Gasteiger partial charge in [-0.05, 0) is 53.8 Å². The Hall–Kier alpha value is -2.21. The maximum Gasteiger partial charge on any atom is 0.234 e. The van der Waals surface area contributed by atoms with E-state index in [-0.39, 0.29) is 30.4 Å². The van der Waals surface area contributed by atoms with E-state index >= 15 is 0 Å². The summed E-state index contributed by atoms with van der Waals surface area (Å²) in [5.74, 6) is -0.432. The number of hydrogen-bond donors (Lipinski definition) is 2. The smallest absolute Gasteiger partial charge is 0.234 e. The molecule has 0 saturated carbocycles. The summed E-state index contributed by atoms with van der Waals surface area (Å²) in [7, 11) is 0. The van der Waals surface area contributed by atoms with Crippen molar-refractivity contribution in [3.8, 4) is 0 Å². The zero-order valence-corrected chi connectivity index (χ0v) is 16.4. The quantitative estimate of drug-likeness (QED) is 0.577. The maximum absolute atomic E-state index is 13.3. The Morgan fingerprint density at radius 1 is 1.11 bits per heavy atom. The molecule has 0 unspecified atom stereocenters. The van der Waals surface area contributed by atoms with Gasteiger partial charge in [-0.1, -0.05) is 41.9 Å². The van der Waals surface area contributed by atoms with E-state index in [0.717, 1.165) is 16.0 Å². The molecule has 0 spiro atoms. The highest BCUT2D eigenvalue weighted by atomic mass is 35.5. The molecule has 3 rings (SSSR count). The molecule has 3 nitrogen and oxygen atoms in total. The molecule has 0 aliphatic carbocycles. The summed E-state index contributed by atoms with van der Waals surface area (Å²) in [4.78, 5) is 13.5. The minimum atomic E-state index is -0.304. The summed E-state index contributed by atoms with van der Waals surface area (Å²) in [6, 6.07) is 17.3. The maximum atomic E-state index is 13.3. The first kappa shape index (κ1) is 19.5. The normalized spacial score (nSPS) is 13.1. The van der Waals surface area contributed by atoms with E-state index in [1.165, 1.54) is 12.1 Å². The fourth-order valence-corrected chi connectivity index (χ4v) is 3.78. The van der Waals surface area contributed by atoms with Gasteiger partial charge in [-0.15, -0.1) is 11.3 Å². The molecule has 140 valence electrons. The predicted octanol–water partition coefficient (Wildman–Crippen LogP) is 5.10. The summed E-state index contributed by atoms with van der Waals surface area (Å²) >= 11 is 7.58. The first-order chi connectivity index (χ1) is 13.0. The molecule has 0 aliphatic heterocycles. The molecule has 27 heavy (non-hydrogen) atoms. The van der Waals surface area contributed by atoms with E-state index in [0.29, 0.717) is 5.02 Å². The number of nitrogens with one attached hydrogen (secondary N) is 2. The number of halogens is 2. The molecular weight excluding hydrogens is 383 g/mol. The molecule has 1 aromatic heterocycles. The number of benzene rings is 2. The molecule has 2 N–H and O–H groups in total. The minimum Gasteiger partial charge on any atom is -0.343 e. The SMILES string of the molecule is C[C@H](NCC(=O)N[C@H](c1ccc(F)cc1)c1cccs1)c1cccc(Cl)c1. The van der Waals surface area contributed by atoms with Gasteiger partial charge in [0, 0.05) is 15.9 Å². The van der Waals surface area contributed by atoms with Crippen LogP contribution in [0.2, 0.25) is 5.02 Å². The molecule has 0 aliphatic rings. The zero-order valence-electron chi connectivity index (χ0n) is 14.8. The first-order valence-corrected chi connectivity index (χ1v) is 9.86. The number of thiophene rings is 1. The van der Waals surface area contributed by atoms with Crippen molar-refractivity contribution in [3.63, 3.8) is 0 Å². The van der Waals surface area contributed by atoms with Crippen molar-refractivity contribution in [3.05, 3.63) is 92.9 Å². The van der Waals surface area contributed by atoms with E-state index in [1.54, 1.807) is 23.5 Å². The molecule has 0 saturated heterocycles. The molecule has 3 aromatic rings. The van der Waals surface area contributed by atoms with Crippen molar-refractivity contribution in [1.82, 2.24) is 10.6 Å². The van der Waals surface area contributed by atoms with E-state index in [2.05, 4.69) is 10.6 Å². The van der Waals surface area contributed by atoms with Gasteiger partial charge in [0.25, 0.3) is 0 Å². The lowest BCUT2D eigenvalue weighted by Gasteiger charge is -2.20. The Labute approximate surface area is 167 Å². The lowest BCUT2D eigenvalue weighted by Crippen LogP contribution is -2.37. The van der Waals surface area contributed by atoms with Crippen molar-refractivity contribution in [2.24, 2.45) is 0 Å². The van der Waals surface area contributed by atoms with Crippen LogP contribution < -0.4 is 10.6 Å². The van der Waals surface area contributed by atoms with Crippen LogP contribution >= 0.6 is 22.9 Å². The summed E-state index contributed by atoms with van der Waals surface area (Å²) in [5.41, 5.74) is 1.86. The molecule has 2 atom stereocenters. The van der Waals surface area contributed by atoms with Crippen LogP contribution in [0.15, 0.2) is 66.0 Å². The highest BCUT2D eigenvalue weighted by Gasteiger charge is 2.18. The highest BCUT2D eigenvalue weighted by Crippen LogP contribution is 2.26. The Balaban J connectivity index is 1.65. The van der Waals surface area contributed by atoms with Gasteiger partial charge >= 0.3 is 0 Å². The Kier molecular flexibility index (Phi) is 6.61. The van der Waals surface area contributed by atoms with Crippen LogP contribution in [0.1, 0.15) is 35.0 Å². The molecule has 1 heterocycles. The van der Waals surface area contributed by atoms with Crippen molar-refractivity contribution < 1.29 is 9.18 Å². The molecule has 1 amide bonds. The summed E-state index contributed by atoms with van der Waals surface area (Å²) in [5, 5.41) is 8.87. The lowest BCUT2D eigenvalue weighted by atomic mass is 10.1. The topological polar surface area (TPSA) is 41.1 Å². The molecular formula is C21H20ClFN2OS. The first-order valence-electron chi connectivity index (χ1n) is 8.60. The average molecular weight is 403 g/mol. The van der Waals surface area contributed by atoms with Crippen LogP contribution in [-0.4, -0.2) is 12.5 Å². The highest BCUT2D eigenvalue weighted by molar-refractivity contribution is 7.10. The van der Waals surface area contributed by atoms with Crippen molar-refractivity contribution in [2.75, 3.05) is 6.54 Å². The van der Waals surface area contributed by atoms with E-state index < -0.39 is 0 Å². The number of carbonyl (C=O) groups is 1. The lowest BCUT2D eigenvalue weighted by molar-refractivity contribution is -0.120. The number of hydrogen-bond acceptors (Lipinski definition) is 3. The van der Waals surface area contributed by atoms with E-state index in [9.17, 15) is 9.18 Å². The van der Waals surface area contributed by atoms with Gasteiger partial charge in [-0.3, -0.25) is 4.79 Å². The van der Waals surface area contributed by atoms with Crippen LogP contribution in [0, 0.1) is 5.82 Å². The van der Waals surface area contributed by atoms with Crippen LogP contribution in [0.25, 0.3) is 0 Å². The summed E-state index contributed by atoms with van der Waals surface area (Å²) < 4.78 is 13.3. The second-order valence-electron chi connectivity index (χ2n) is 6.23. The van der Waals surface area contributed by atoms with Crippen molar-refractivity contribution >= 4 is 28.8 Å². The van der Waals surface area contributed by atoms with Crippen LogP contribution in [0.3, 0.4) is 0 Å². The Morgan fingerprint density at radius 2 is 1.89 bits per heavy atom. The third-order valence-corrected chi connectivity index (χ3v) is 5.43. The van der Waals surface area contributed by atoms with Crippen LogP contribution in [0.4, 0.5) is 4.39 Å². The van der Waals surface area contributed by atoms with E-state index in [1.807, 2.05) is 48.7 Å². The third-order valence-electron chi connectivity index (χ3n) is 4.25. The molecule has 0 bridgehead atoms. The number of amides is 1. The zero-order chi connectivity index (χ0) is 19.2. The summed E-state index contributed by atoms with van der Waals surface area (Å²) in [6.45, 7) is 2.15. The number of rotatable bonds is 7. The third kappa shape index (κ3) is 5.39. The summed E-state index contributed by atoms with van der Waals surface area (Å²) in [6.07, 6.45) is 0. The van der Waals surface area contributed by atoms with Crippen LogP contribution in [0.5, 0.6) is 0 Å². The largest absolute Gasteiger partial charge is 0.343 e. The van der Waals surface area contributed by atoms with Gasteiger partial charge < -0.3 is 10.6 Å². The molecule has 2 aromatic carbocycles. The van der Waals surface area contributed by atoms with Gasteiger partial charge in [-0.2, -0.15) is 0 Å². The van der Waals surface area contributed by atoms with E-state index in [4.69, 9.17) is 11.6 Å². The van der Waals surface area contributed by atoms with Gasteiger partial charge in [-0.25, -0.2) is 4.39 Å². The Bertz CT molecular complexity index is 883. The predicted molar refractivity (Wildman–Crippen MR) is 109 cm³/mol. The van der Waals surface area contributed by atoms with Gasteiger partial charge in [0.05, 0.1) is 12.6 Å². The fourth-order valence-electron chi connectivity index (χ4n) is 2.78. The van der Waals surface area contributed by atoms with Crippen molar-refractivity contribution in [1.29, 1.82) is 0 Å². The average Bonchev–Trinajstić information content (AvgIpc) is 3.19. The molecule has 6 heteroatoms. The fraction of sp³-hybridized carbons (Fsp3) is 0.190. The standard InChI is InChI=1S/C21H20ClFN2OS/c1-14(16-4-2-5-17(22)12-16)24-13-20(26)25-21(19-6-3-11-27-19)15-7-9-18(23)10-8-15/h2-12,14,21,24H,13H2,1H3,(H,25,26)/t14-,21+/m0/s1. The van der Waals surface area contributed by atoms with Gasteiger partial charge in [0.1, 0.15) is 5.82 Å². The second-order valence-corrected chi connectivity index (χ2v) is 7.64. The van der Waals surface area contributed by atoms with Gasteiger partial charge in [0.2, 0.25) is 5.91 Å². The second kappa shape index (κ2) is 9.13. The minimum absolute atomic E-state index is 0.0135. The van der Waals surface area contributed by atoms with Crippen molar-refractivity contribution in [2.45, 2.75) is 19.0 Å². The Morgan fingerprint density at radius 3 is 2.56 bits per heavy atom. The molecule has 0 fully saturated rings.